The second kappa shape index (κ2) is 7.67. The highest BCUT2D eigenvalue weighted by atomic mass is 28.3. The zero-order valence-corrected chi connectivity index (χ0v) is 14.1. The van der Waals surface area contributed by atoms with E-state index in [4.69, 9.17) is 0 Å². The van der Waals surface area contributed by atoms with E-state index in [0.29, 0.717) is 0 Å². The van der Waals surface area contributed by atoms with Crippen molar-refractivity contribution >= 4 is 17.8 Å². The van der Waals surface area contributed by atoms with E-state index in [1.807, 2.05) is 0 Å². The van der Waals surface area contributed by atoms with Crippen LogP contribution in [0, 0.1) is 5.92 Å². The maximum absolute atomic E-state index is 3.80. The predicted molar refractivity (Wildman–Crippen MR) is 80.7 cm³/mol. The van der Waals surface area contributed by atoms with Gasteiger partial charge in [0.1, 0.15) is 0 Å². The maximum atomic E-state index is 3.80. The molecule has 0 amide bonds. The van der Waals surface area contributed by atoms with E-state index >= 15 is 0 Å². The lowest BCUT2D eigenvalue weighted by Crippen LogP contribution is -2.28. The first-order chi connectivity index (χ1) is 7.58. The molecule has 0 atom stereocenters. The Kier molecular flexibility index (Phi) is 6.93. The lowest BCUT2D eigenvalue weighted by molar-refractivity contribution is 0.358. The molecule has 3 heteroatoms. The molecule has 1 nitrogen and oxygen atoms in total. The van der Waals surface area contributed by atoms with Crippen molar-refractivity contribution in [2.75, 3.05) is 6.54 Å². The molecule has 1 saturated carbocycles. The van der Waals surface area contributed by atoms with Crippen LogP contribution >= 0.6 is 0 Å². The van der Waals surface area contributed by atoms with Gasteiger partial charge < -0.3 is 4.98 Å². The summed E-state index contributed by atoms with van der Waals surface area (Å²) in [6.45, 7) is 8.82. The molecule has 16 heavy (non-hydrogen) atoms. The van der Waals surface area contributed by atoms with Gasteiger partial charge in [0.05, 0.1) is 9.68 Å². The van der Waals surface area contributed by atoms with E-state index in [0.717, 1.165) is 5.92 Å². The molecule has 0 aromatic heterocycles. The van der Waals surface area contributed by atoms with E-state index in [1.54, 1.807) is 0 Å². The Hall–Kier alpha value is 0.394. The summed E-state index contributed by atoms with van der Waals surface area (Å²) in [6.07, 6.45) is 8.96. The van der Waals surface area contributed by atoms with Crippen LogP contribution in [-0.4, -0.2) is 24.3 Å². The maximum Gasteiger partial charge on any atom is 0.0916 e. The third-order valence-electron chi connectivity index (χ3n) is 3.69. The van der Waals surface area contributed by atoms with Crippen LogP contribution in [0.5, 0.6) is 0 Å². The van der Waals surface area contributed by atoms with Gasteiger partial charge in [-0.1, -0.05) is 57.4 Å². The third-order valence-corrected chi connectivity index (χ3v) is 7.04. The monoisotopic (exact) mass is 257 g/mol. The topological polar surface area (TPSA) is 12.0 Å². The molecular weight excluding hydrogens is 226 g/mol. The van der Waals surface area contributed by atoms with Gasteiger partial charge in [-0.25, -0.2) is 0 Å². The van der Waals surface area contributed by atoms with Crippen molar-refractivity contribution in [1.82, 2.24) is 4.98 Å². The van der Waals surface area contributed by atoms with E-state index in [2.05, 4.69) is 24.6 Å². The first kappa shape index (κ1) is 14.5. The largest absolute Gasteiger partial charge is 0.342 e. The number of rotatable bonds is 7. The highest BCUT2D eigenvalue weighted by Gasteiger charge is 2.13. The van der Waals surface area contributed by atoms with E-state index < -0.39 is 8.07 Å². The fraction of sp³-hybridized carbons (Fsp3) is 1.00. The van der Waals surface area contributed by atoms with Gasteiger partial charge in [0, 0.05) is 8.07 Å². The number of hydrogen-bond acceptors (Lipinski definition) is 1. The Morgan fingerprint density at radius 1 is 1.12 bits per heavy atom. The van der Waals surface area contributed by atoms with Crippen molar-refractivity contribution in [2.24, 2.45) is 5.92 Å². The summed E-state index contributed by atoms with van der Waals surface area (Å²) in [5, 5.41) is 0. The number of hydrogen-bond donors (Lipinski definition) is 1. The lowest BCUT2D eigenvalue weighted by Gasteiger charge is -2.22. The van der Waals surface area contributed by atoms with Crippen LogP contribution in [-0.2, 0) is 0 Å². The second-order valence-corrected chi connectivity index (χ2v) is 14.1. The molecular formula is C13H31NSi2. The lowest BCUT2D eigenvalue weighted by atomic mass is 9.90. The SMILES string of the molecule is C[Si](C)(C)CCC[SiH2]NCC1CCCCC1. The van der Waals surface area contributed by atoms with Crippen LogP contribution in [0.2, 0.25) is 31.7 Å². The molecule has 0 radical (unpaired) electrons. The van der Waals surface area contributed by atoms with Crippen LogP contribution in [0.4, 0.5) is 0 Å². The Morgan fingerprint density at radius 3 is 2.44 bits per heavy atom. The average molecular weight is 258 g/mol. The number of nitrogens with one attached hydrogen (secondary N) is 1. The van der Waals surface area contributed by atoms with Gasteiger partial charge in [0.15, 0.2) is 0 Å². The van der Waals surface area contributed by atoms with Gasteiger partial charge in [-0.3, -0.25) is 0 Å². The van der Waals surface area contributed by atoms with Crippen molar-refractivity contribution in [3.05, 3.63) is 0 Å². The summed E-state index contributed by atoms with van der Waals surface area (Å²) < 4.78 is 0. The van der Waals surface area contributed by atoms with Gasteiger partial charge in [-0.2, -0.15) is 0 Å². The smallest absolute Gasteiger partial charge is 0.0916 e. The Bertz CT molecular complexity index is 171. The molecule has 0 aromatic carbocycles. The normalized spacial score (nSPS) is 19.7. The van der Waals surface area contributed by atoms with Crippen molar-refractivity contribution in [3.8, 4) is 0 Å². The zero-order chi connectivity index (χ0) is 11.9. The van der Waals surface area contributed by atoms with Crippen molar-refractivity contribution < 1.29 is 0 Å². The molecule has 0 heterocycles. The third kappa shape index (κ3) is 7.63. The van der Waals surface area contributed by atoms with Crippen molar-refractivity contribution in [1.29, 1.82) is 0 Å². The molecule has 0 saturated heterocycles. The Balaban J connectivity index is 1.87. The van der Waals surface area contributed by atoms with E-state index in [-0.39, 0.29) is 9.68 Å². The highest BCUT2D eigenvalue weighted by Crippen LogP contribution is 2.22. The molecule has 1 N–H and O–H groups in total. The molecule has 1 aliphatic rings. The van der Waals surface area contributed by atoms with Gasteiger partial charge in [0.2, 0.25) is 0 Å². The molecule has 0 bridgehead atoms. The molecule has 0 aromatic rings. The van der Waals surface area contributed by atoms with Gasteiger partial charge in [-0.05, 0) is 25.3 Å². The molecule has 0 spiro atoms. The van der Waals surface area contributed by atoms with Crippen LogP contribution in [0.3, 0.4) is 0 Å². The summed E-state index contributed by atoms with van der Waals surface area (Å²) in [5.41, 5.74) is 0. The van der Waals surface area contributed by atoms with E-state index in [9.17, 15) is 0 Å². The predicted octanol–water partition coefficient (Wildman–Crippen LogP) is 3.39. The molecule has 0 aliphatic heterocycles. The summed E-state index contributed by atoms with van der Waals surface area (Å²) in [4.78, 5) is 3.80. The Morgan fingerprint density at radius 2 is 1.81 bits per heavy atom. The zero-order valence-electron chi connectivity index (χ0n) is 11.6. The van der Waals surface area contributed by atoms with Crippen LogP contribution in [0.1, 0.15) is 38.5 Å². The minimum Gasteiger partial charge on any atom is -0.342 e. The fourth-order valence-electron chi connectivity index (χ4n) is 2.60. The first-order valence-corrected chi connectivity index (χ1v) is 12.7. The second-order valence-electron chi connectivity index (χ2n) is 6.73. The summed E-state index contributed by atoms with van der Waals surface area (Å²) >= 11 is 0. The summed E-state index contributed by atoms with van der Waals surface area (Å²) in [6, 6.07) is 3.06. The highest BCUT2D eigenvalue weighted by molar-refractivity contribution is 6.76. The molecule has 1 aliphatic carbocycles. The van der Waals surface area contributed by atoms with Crippen LogP contribution in [0.15, 0.2) is 0 Å². The van der Waals surface area contributed by atoms with Gasteiger partial charge in [0.25, 0.3) is 0 Å². The summed E-state index contributed by atoms with van der Waals surface area (Å²) in [7, 11) is -0.686. The van der Waals surface area contributed by atoms with Crippen LogP contribution < -0.4 is 4.98 Å². The first-order valence-electron chi connectivity index (χ1n) is 7.29. The molecule has 1 fully saturated rings. The standard InChI is InChI=1S/C13H31NSi2/c1-16(2,3)11-7-10-15-14-12-13-8-5-4-6-9-13/h13-14H,4-12,15H2,1-3H3. The Labute approximate surface area is 106 Å². The molecule has 1 rings (SSSR count). The van der Waals surface area contributed by atoms with Crippen molar-refractivity contribution in [3.63, 3.8) is 0 Å². The van der Waals surface area contributed by atoms with Crippen molar-refractivity contribution in [2.45, 2.75) is 70.3 Å². The molecule has 0 unspecified atom stereocenters. The minimum atomic E-state index is -0.755. The average Bonchev–Trinajstić information content (AvgIpc) is 2.23. The van der Waals surface area contributed by atoms with Gasteiger partial charge >= 0.3 is 0 Å². The summed E-state index contributed by atoms with van der Waals surface area (Å²) in [5.74, 6) is 1.03. The molecule has 96 valence electrons. The van der Waals surface area contributed by atoms with E-state index in [1.165, 1.54) is 57.2 Å². The van der Waals surface area contributed by atoms with Crippen LogP contribution in [0.25, 0.3) is 0 Å². The minimum absolute atomic E-state index is 0.0696. The quantitative estimate of drug-likeness (QED) is 0.544. The van der Waals surface area contributed by atoms with Gasteiger partial charge in [-0.15, -0.1) is 0 Å². The fourth-order valence-corrected chi connectivity index (χ4v) is 5.78.